The van der Waals surface area contributed by atoms with Gasteiger partial charge in [0.1, 0.15) is 11.5 Å². The third kappa shape index (κ3) is 4.23. The fourth-order valence-corrected chi connectivity index (χ4v) is 9.14. The lowest BCUT2D eigenvalue weighted by Gasteiger charge is -2.43. The van der Waals surface area contributed by atoms with Crippen molar-refractivity contribution in [2.24, 2.45) is 0 Å². The molecule has 1 spiro atoms. The fourth-order valence-electron chi connectivity index (χ4n) is 8.08. The molecular formula is C34H31Cl4N3O4. The number of carbonyl (C=O) groups is 2. The second-order valence-electron chi connectivity index (χ2n) is 12.5. The van der Waals surface area contributed by atoms with E-state index in [9.17, 15) is 9.59 Å². The number of benzene rings is 3. The molecule has 3 aromatic carbocycles. The molecule has 0 fully saturated rings. The van der Waals surface area contributed by atoms with Gasteiger partial charge in [-0.05, 0) is 68.2 Å². The molecule has 11 heteroatoms. The van der Waals surface area contributed by atoms with Crippen molar-refractivity contribution in [2.45, 2.75) is 57.0 Å². The predicted octanol–water partition coefficient (Wildman–Crippen LogP) is 7.85. The summed E-state index contributed by atoms with van der Waals surface area (Å²) in [4.78, 5) is 30.6. The fraction of sp³-hybridized carbons (Fsp3) is 0.412. The lowest BCUT2D eigenvalue weighted by molar-refractivity contribution is -0.120. The van der Waals surface area contributed by atoms with Gasteiger partial charge in [0.05, 0.1) is 25.7 Å². The van der Waals surface area contributed by atoms with Gasteiger partial charge in [0, 0.05) is 79.3 Å². The van der Waals surface area contributed by atoms with Crippen molar-refractivity contribution < 1.29 is 19.1 Å². The summed E-state index contributed by atoms with van der Waals surface area (Å²) in [6.07, 6.45) is 6.80. The minimum absolute atomic E-state index is 0.0256. The SMILES string of the molecule is CNC(=O)CCCN1CCCc2cc3c(cc21)Oc1c(cc2c4c1CCCN4CCC2)C31OC(=O)c2c(Cl)c(Cl)c(Cl)c(Cl)c21. The van der Waals surface area contributed by atoms with Crippen LogP contribution in [0.5, 0.6) is 11.5 Å². The zero-order valence-corrected chi connectivity index (χ0v) is 27.8. The Bertz CT molecular complexity index is 1830. The van der Waals surface area contributed by atoms with Gasteiger partial charge in [-0.25, -0.2) is 4.79 Å². The summed E-state index contributed by atoms with van der Waals surface area (Å²) < 4.78 is 13.5. The minimum Gasteiger partial charge on any atom is -0.456 e. The van der Waals surface area contributed by atoms with Gasteiger partial charge in [-0.2, -0.15) is 0 Å². The average Bonchev–Trinajstić information content (AvgIpc) is 3.36. The smallest absolute Gasteiger partial charge is 0.341 e. The van der Waals surface area contributed by atoms with E-state index in [4.69, 9.17) is 55.9 Å². The van der Waals surface area contributed by atoms with Crippen LogP contribution in [-0.2, 0) is 34.4 Å². The van der Waals surface area contributed by atoms with Crippen molar-refractivity contribution >= 4 is 69.7 Å². The first kappa shape index (κ1) is 29.6. The average molecular weight is 687 g/mol. The molecular weight excluding hydrogens is 656 g/mol. The number of esters is 1. The molecule has 0 aromatic heterocycles. The Labute approximate surface area is 281 Å². The van der Waals surface area contributed by atoms with Crippen LogP contribution in [-0.4, -0.2) is 45.1 Å². The van der Waals surface area contributed by atoms with Gasteiger partial charge in [-0.15, -0.1) is 0 Å². The van der Waals surface area contributed by atoms with Gasteiger partial charge in [-0.3, -0.25) is 4.79 Å². The Morgan fingerprint density at radius 3 is 2.42 bits per heavy atom. The van der Waals surface area contributed by atoms with E-state index in [1.54, 1.807) is 7.05 Å². The van der Waals surface area contributed by atoms with Crippen LogP contribution < -0.4 is 19.9 Å². The molecule has 7 nitrogen and oxygen atoms in total. The van der Waals surface area contributed by atoms with Crippen LogP contribution in [0.3, 0.4) is 0 Å². The summed E-state index contributed by atoms with van der Waals surface area (Å²) in [5.41, 5.74) is 6.32. The zero-order chi connectivity index (χ0) is 31.2. The van der Waals surface area contributed by atoms with Gasteiger partial charge in [0.25, 0.3) is 0 Å². The molecule has 3 aromatic rings. The Morgan fingerprint density at radius 1 is 0.911 bits per heavy atom. The molecule has 1 amide bonds. The van der Waals surface area contributed by atoms with Gasteiger partial charge >= 0.3 is 5.97 Å². The summed E-state index contributed by atoms with van der Waals surface area (Å²) >= 11 is 27.0. The highest BCUT2D eigenvalue weighted by Gasteiger charge is 2.57. The van der Waals surface area contributed by atoms with Gasteiger partial charge in [0.2, 0.25) is 5.91 Å². The molecule has 5 aliphatic heterocycles. The molecule has 5 heterocycles. The summed E-state index contributed by atoms with van der Waals surface area (Å²) in [7, 11) is 1.66. The van der Waals surface area contributed by atoms with E-state index in [0.717, 1.165) is 93.5 Å². The summed E-state index contributed by atoms with van der Waals surface area (Å²) in [6.45, 7) is 3.63. The number of nitrogens with zero attached hydrogens (tertiary/aromatic N) is 2. The third-order valence-corrected chi connectivity index (χ3v) is 11.8. The second kappa shape index (κ2) is 10.9. The Balaban J connectivity index is 1.38. The quantitative estimate of drug-likeness (QED) is 0.171. The van der Waals surface area contributed by atoms with Crippen molar-refractivity contribution in [1.29, 1.82) is 0 Å². The minimum atomic E-state index is -1.42. The van der Waals surface area contributed by atoms with E-state index in [1.807, 2.05) is 0 Å². The van der Waals surface area contributed by atoms with Gasteiger partial charge < -0.3 is 24.6 Å². The van der Waals surface area contributed by atoms with Crippen LogP contribution in [0.2, 0.25) is 20.1 Å². The first-order chi connectivity index (χ1) is 21.7. The van der Waals surface area contributed by atoms with E-state index in [0.29, 0.717) is 29.0 Å². The maximum Gasteiger partial charge on any atom is 0.341 e. The Kier molecular flexibility index (Phi) is 7.14. The number of anilines is 2. The topological polar surface area (TPSA) is 71.1 Å². The predicted molar refractivity (Wildman–Crippen MR) is 177 cm³/mol. The molecule has 1 unspecified atom stereocenters. The number of fused-ring (bicyclic) bond motifs is 8. The highest BCUT2D eigenvalue weighted by atomic mass is 35.5. The highest BCUT2D eigenvalue weighted by molar-refractivity contribution is 6.53. The number of nitrogens with one attached hydrogen (secondary N) is 1. The molecule has 8 rings (SSSR count). The van der Waals surface area contributed by atoms with Crippen LogP contribution in [0.1, 0.15) is 75.8 Å². The number of hydrogen-bond acceptors (Lipinski definition) is 6. The summed E-state index contributed by atoms with van der Waals surface area (Å²) in [6, 6.07) is 6.32. The zero-order valence-electron chi connectivity index (χ0n) is 24.8. The van der Waals surface area contributed by atoms with Gasteiger partial charge in [-0.1, -0.05) is 46.4 Å². The van der Waals surface area contributed by atoms with E-state index in [-0.39, 0.29) is 31.6 Å². The van der Waals surface area contributed by atoms with Crippen LogP contribution in [0.15, 0.2) is 18.2 Å². The normalized spacial score (nSPS) is 20.5. The number of ether oxygens (including phenoxy) is 2. The lowest BCUT2D eigenvalue weighted by Crippen LogP contribution is -2.38. The Morgan fingerprint density at radius 2 is 1.62 bits per heavy atom. The molecule has 45 heavy (non-hydrogen) atoms. The number of halogens is 4. The standard InChI is InChI=1S/C34H31Cl4N3O4/c1-39-24(42)9-5-11-40-10-2-6-17-14-20-23(16-22(17)40)44-32-19-8-4-13-41-12-3-7-18(31(19)41)15-21(32)34(20)26-25(33(43)45-34)27(35)29(37)30(38)28(26)36/h14-16H,2-13H2,1H3,(H,39,42). The number of amides is 1. The Hall–Kier alpha value is -2.84. The molecule has 0 bridgehead atoms. The van der Waals surface area contributed by atoms with E-state index in [2.05, 4.69) is 33.3 Å². The first-order valence-electron chi connectivity index (χ1n) is 15.6. The van der Waals surface area contributed by atoms with Crippen molar-refractivity contribution in [2.75, 3.05) is 43.0 Å². The number of rotatable bonds is 4. The van der Waals surface area contributed by atoms with E-state index >= 15 is 0 Å². The van der Waals surface area contributed by atoms with Crippen molar-refractivity contribution in [1.82, 2.24) is 5.32 Å². The van der Waals surface area contributed by atoms with E-state index < -0.39 is 11.6 Å². The van der Waals surface area contributed by atoms with E-state index in [1.165, 1.54) is 11.3 Å². The molecule has 5 aliphatic rings. The second-order valence-corrected chi connectivity index (χ2v) is 14.0. The van der Waals surface area contributed by atoms with Crippen LogP contribution >= 0.6 is 46.4 Å². The lowest BCUT2D eigenvalue weighted by atomic mass is 9.74. The monoisotopic (exact) mass is 685 g/mol. The van der Waals surface area contributed by atoms with Crippen LogP contribution in [0, 0.1) is 0 Å². The molecule has 1 N–H and O–H groups in total. The molecule has 0 radical (unpaired) electrons. The molecule has 1 atom stereocenters. The van der Waals surface area contributed by atoms with Crippen molar-refractivity contribution in [3.05, 3.63) is 77.2 Å². The van der Waals surface area contributed by atoms with Crippen molar-refractivity contribution in [3.8, 4) is 11.5 Å². The number of carbonyl (C=O) groups excluding carboxylic acids is 2. The summed E-state index contributed by atoms with van der Waals surface area (Å²) in [5, 5.41) is 2.99. The molecule has 0 aliphatic carbocycles. The van der Waals surface area contributed by atoms with Crippen LogP contribution in [0.25, 0.3) is 0 Å². The number of aryl methyl sites for hydroxylation is 2. The molecule has 0 saturated carbocycles. The molecule has 234 valence electrons. The third-order valence-electron chi connectivity index (χ3n) is 10.0. The molecule has 0 saturated heterocycles. The number of hydrogen-bond donors (Lipinski definition) is 1. The maximum atomic E-state index is 13.9. The van der Waals surface area contributed by atoms with Crippen molar-refractivity contribution in [3.63, 3.8) is 0 Å². The highest BCUT2D eigenvalue weighted by Crippen LogP contribution is 2.63. The first-order valence-corrected chi connectivity index (χ1v) is 17.1. The van der Waals surface area contributed by atoms with Gasteiger partial charge in [0.15, 0.2) is 5.60 Å². The van der Waals surface area contributed by atoms with Crippen LogP contribution in [0.4, 0.5) is 11.4 Å². The summed E-state index contributed by atoms with van der Waals surface area (Å²) in [5.74, 6) is 0.730. The largest absolute Gasteiger partial charge is 0.456 e. The maximum absolute atomic E-state index is 13.9.